The van der Waals surface area contributed by atoms with Gasteiger partial charge in [-0.15, -0.1) is 0 Å². The highest BCUT2D eigenvalue weighted by Crippen LogP contribution is 2.28. The Morgan fingerprint density at radius 2 is 1.89 bits per heavy atom. The van der Waals surface area contributed by atoms with Crippen molar-refractivity contribution in [3.63, 3.8) is 0 Å². The lowest BCUT2D eigenvalue weighted by Crippen LogP contribution is -2.16. The third-order valence-corrected chi connectivity index (χ3v) is 3.96. The first-order valence-corrected chi connectivity index (χ1v) is 6.52. The normalized spacial score (nSPS) is 12.4. The van der Waals surface area contributed by atoms with Gasteiger partial charge in [0.25, 0.3) is 0 Å². The van der Waals surface area contributed by atoms with Crippen molar-refractivity contribution in [3.05, 3.63) is 57.2 Å². The van der Waals surface area contributed by atoms with Gasteiger partial charge in [0.2, 0.25) is 0 Å². The van der Waals surface area contributed by atoms with E-state index in [1.807, 2.05) is 38.1 Å². The molecule has 3 nitrogen and oxygen atoms in total. The molecule has 2 rings (SSSR count). The SMILES string of the molecule is Cc1ccc(C(N)c2c(C)ccnc2N)cc1Br. The predicted molar refractivity (Wildman–Crippen MR) is 78.3 cm³/mol. The zero-order valence-corrected chi connectivity index (χ0v) is 12.0. The Morgan fingerprint density at radius 3 is 2.50 bits per heavy atom. The number of benzene rings is 1. The molecule has 18 heavy (non-hydrogen) atoms. The molecule has 0 radical (unpaired) electrons. The maximum atomic E-state index is 6.30. The third-order valence-electron chi connectivity index (χ3n) is 3.10. The Hall–Kier alpha value is -1.39. The Bertz CT molecular complexity index is 561. The second kappa shape index (κ2) is 5.08. The monoisotopic (exact) mass is 305 g/mol. The van der Waals surface area contributed by atoms with Crippen LogP contribution in [-0.4, -0.2) is 4.98 Å². The van der Waals surface area contributed by atoms with E-state index in [9.17, 15) is 0 Å². The number of rotatable bonds is 2. The molecule has 4 heteroatoms. The maximum absolute atomic E-state index is 6.30. The van der Waals surface area contributed by atoms with Crippen molar-refractivity contribution in [2.24, 2.45) is 5.73 Å². The van der Waals surface area contributed by atoms with Gasteiger partial charge in [0.05, 0.1) is 6.04 Å². The van der Waals surface area contributed by atoms with Crippen LogP contribution in [0.1, 0.15) is 28.3 Å². The van der Waals surface area contributed by atoms with Gasteiger partial charge in [-0.1, -0.05) is 28.1 Å². The van der Waals surface area contributed by atoms with Crippen molar-refractivity contribution < 1.29 is 0 Å². The largest absolute Gasteiger partial charge is 0.383 e. The highest BCUT2D eigenvalue weighted by molar-refractivity contribution is 9.10. The summed E-state index contributed by atoms with van der Waals surface area (Å²) in [5, 5.41) is 0. The van der Waals surface area contributed by atoms with Crippen LogP contribution < -0.4 is 11.5 Å². The van der Waals surface area contributed by atoms with Gasteiger partial charge < -0.3 is 11.5 Å². The molecule has 1 atom stereocenters. The van der Waals surface area contributed by atoms with Gasteiger partial charge in [0, 0.05) is 16.2 Å². The molecule has 0 aliphatic heterocycles. The number of nitrogens with two attached hydrogens (primary N) is 2. The van der Waals surface area contributed by atoms with E-state index < -0.39 is 0 Å². The summed E-state index contributed by atoms with van der Waals surface area (Å²) in [5.74, 6) is 0.499. The first-order chi connectivity index (χ1) is 8.50. The Morgan fingerprint density at radius 1 is 1.17 bits per heavy atom. The summed E-state index contributed by atoms with van der Waals surface area (Å²) in [6.07, 6.45) is 1.70. The molecule has 1 aromatic carbocycles. The maximum Gasteiger partial charge on any atom is 0.128 e. The average Bonchev–Trinajstić information content (AvgIpc) is 2.32. The minimum atomic E-state index is -0.254. The number of nitrogens with zero attached hydrogens (tertiary/aromatic N) is 1. The van der Waals surface area contributed by atoms with E-state index in [0.717, 1.165) is 21.2 Å². The van der Waals surface area contributed by atoms with E-state index in [2.05, 4.69) is 20.9 Å². The van der Waals surface area contributed by atoms with Gasteiger partial charge in [0.15, 0.2) is 0 Å². The number of anilines is 1. The Kier molecular flexibility index (Phi) is 3.68. The van der Waals surface area contributed by atoms with Crippen LogP contribution in [0, 0.1) is 13.8 Å². The molecule has 0 saturated heterocycles. The molecule has 0 saturated carbocycles. The van der Waals surface area contributed by atoms with Gasteiger partial charge in [-0.25, -0.2) is 4.98 Å². The quantitative estimate of drug-likeness (QED) is 0.896. The van der Waals surface area contributed by atoms with Gasteiger partial charge >= 0.3 is 0 Å². The summed E-state index contributed by atoms with van der Waals surface area (Å²) in [6, 6.07) is 7.77. The van der Waals surface area contributed by atoms with E-state index in [-0.39, 0.29) is 6.04 Å². The van der Waals surface area contributed by atoms with Gasteiger partial charge in [-0.2, -0.15) is 0 Å². The lowest BCUT2D eigenvalue weighted by molar-refractivity contribution is 0.856. The molecule has 0 aliphatic carbocycles. The van der Waals surface area contributed by atoms with Gasteiger partial charge in [-0.05, 0) is 42.7 Å². The fourth-order valence-electron chi connectivity index (χ4n) is 1.96. The van der Waals surface area contributed by atoms with E-state index in [1.165, 1.54) is 5.56 Å². The first-order valence-electron chi connectivity index (χ1n) is 5.73. The van der Waals surface area contributed by atoms with E-state index in [0.29, 0.717) is 5.82 Å². The van der Waals surface area contributed by atoms with E-state index in [1.54, 1.807) is 6.20 Å². The smallest absolute Gasteiger partial charge is 0.128 e. The van der Waals surface area contributed by atoms with Crippen molar-refractivity contribution in [2.75, 3.05) is 5.73 Å². The third kappa shape index (κ3) is 2.40. The van der Waals surface area contributed by atoms with Crippen molar-refractivity contribution in [1.82, 2.24) is 4.98 Å². The molecule has 1 heterocycles. The first kappa shape index (κ1) is 13.1. The number of aromatic nitrogens is 1. The van der Waals surface area contributed by atoms with Crippen LogP contribution in [0.25, 0.3) is 0 Å². The van der Waals surface area contributed by atoms with Crippen LogP contribution in [0.2, 0.25) is 0 Å². The molecule has 1 unspecified atom stereocenters. The molecule has 0 spiro atoms. The molecule has 0 bridgehead atoms. The topological polar surface area (TPSA) is 64.9 Å². The number of halogens is 1. The molecular weight excluding hydrogens is 290 g/mol. The van der Waals surface area contributed by atoms with Crippen molar-refractivity contribution in [2.45, 2.75) is 19.9 Å². The number of aryl methyl sites for hydroxylation is 2. The summed E-state index contributed by atoms with van der Waals surface area (Å²) in [6.45, 7) is 4.04. The highest BCUT2D eigenvalue weighted by atomic mass is 79.9. The summed E-state index contributed by atoms with van der Waals surface area (Å²) in [4.78, 5) is 4.11. The molecule has 94 valence electrons. The van der Waals surface area contributed by atoms with Crippen LogP contribution in [0.4, 0.5) is 5.82 Å². The average molecular weight is 306 g/mol. The Labute approximate surface area is 115 Å². The van der Waals surface area contributed by atoms with Crippen LogP contribution in [0.3, 0.4) is 0 Å². The standard InChI is InChI=1S/C14H16BrN3/c1-8-3-4-10(7-11(8)15)13(16)12-9(2)5-6-18-14(12)17/h3-7,13H,16H2,1-2H3,(H2,17,18). The molecule has 0 amide bonds. The molecule has 0 aliphatic rings. The second-order valence-electron chi connectivity index (χ2n) is 4.41. The minimum Gasteiger partial charge on any atom is -0.383 e. The minimum absolute atomic E-state index is 0.254. The van der Waals surface area contributed by atoms with Gasteiger partial charge in [-0.3, -0.25) is 0 Å². The number of nitrogen functional groups attached to an aromatic ring is 1. The highest BCUT2D eigenvalue weighted by Gasteiger charge is 2.15. The number of hydrogen-bond acceptors (Lipinski definition) is 3. The van der Waals surface area contributed by atoms with Gasteiger partial charge in [0.1, 0.15) is 5.82 Å². The molecular formula is C14H16BrN3. The lowest BCUT2D eigenvalue weighted by atomic mass is 9.96. The van der Waals surface area contributed by atoms with Crippen LogP contribution >= 0.6 is 15.9 Å². The summed E-state index contributed by atoms with van der Waals surface area (Å²) >= 11 is 3.52. The second-order valence-corrected chi connectivity index (χ2v) is 5.27. The molecule has 4 N–H and O–H groups in total. The van der Waals surface area contributed by atoms with Crippen molar-refractivity contribution in [1.29, 1.82) is 0 Å². The zero-order chi connectivity index (χ0) is 13.3. The van der Waals surface area contributed by atoms with E-state index in [4.69, 9.17) is 11.5 Å². The molecule has 2 aromatic rings. The van der Waals surface area contributed by atoms with Crippen LogP contribution in [0.15, 0.2) is 34.9 Å². The predicted octanol–water partition coefficient (Wildman–Crippen LogP) is 3.09. The molecule has 1 aromatic heterocycles. The zero-order valence-electron chi connectivity index (χ0n) is 10.4. The summed E-state index contributed by atoms with van der Waals surface area (Å²) in [5.41, 5.74) is 16.4. The number of pyridine rings is 1. The summed E-state index contributed by atoms with van der Waals surface area (Å²) < 4.78 is 1.05. The summed E-state index contributed by atoms with van der Waals surface area (Å²) in [7, 11) is 0. The Balaban J connectivity index is 2.48. The fraction of sp³-hybridized carbons (Fsp3) is 0.214. The van der Waals surface area contributed by atoms with Crippen LogP contribution in [-0.2, 0) is 0 Å². The van der Waals surface area contributed by atoms with Crippen molar-refractivity contribution in [3.8, 4) is 0 Å². The number of hydrogen-bond donors (Lipinski definition) is 2. The van der Waals surface area contributed by atoms with E-state index >= 15 is 0 Å². The molecule has 0 fully saturated rings. The van der Waals surface area contributed by atoms with Crippen molar-refractivity contribution >= 4 is 21.7 Å². The fourth-order valence-corrected chi connectivity index (χ4v) is 2.36. The van der Waals surface area contributed by atoms with Crippen LogP contribution in [0.5, 0.6) is 0 Å². The lowest BCUT2D eigenvalue weighted by Gasteiger charge is -2.17.